The number of halogens is 1. The van der Waals surface area contributed by atoms with E-state index in [1.54, 1.807) is 17.4 Å². The highest BCUT2D eigenvalue weighted by Crippen LogP contribution is 2.42. The van der Waals surface area contributed by atoms with Crippen molar-refractivity contribution < 1.29 is 12.8 Å². The fraction of sp³-hybridized carbons (Fsp3) is 0.176. The number of sulfonamides is 1. The van der Waals surface area contributed by atoms with Crippen molar-refractivity contribution in [1.82, 2.24) is 4.31 Å². The highest BCUT2D eigenvalue weighted by atomic mass is 32.2. The van der Waals surface area contributed by atoms with E-state index in [1.807, 2.05) is 29.0 Å². The minimum atomic E-state index is -3.92. The molecule has 7 heteroatoms. The van der Waals surface area contributed by atoms with E-state index < -0.39 is 15.8 Å². The third kappa shape index (κ3) is 2.52. The van der Waals surface area contributed by atoms with Crippen molar-refractivity contribution in [3.05, 3.63) is 74.4 Å². The molecule has 0 bridgehead atoms. The van der Waals surface area contributed by atoms with Crippen LogP contribution in [0.1, 0.15) is 21.4 Å². The Morgan fingerprint density at radius 2 is 1.88 bits per heavy atom. The van der Waals surface area contributed by atoms with Gasteiger partial charge in [-0.25, -0.2) is 12.8 Å². The van der Waals surface area contributed by atoms with Crippen molar-refractivity contribution in [2.45, 2.75) is 17.4 Å². The largest absolute Gasteiger partial charge is 0.246 e. The Kier molecular flexibility index (Phi) is 4.04. The first-order valence-corrected chi connectivity index (χ1v) is 10.6. The van der Waals surface area contributed by atoms with Crippen LogP contribution in [0.5, 0.6) is 0 Å². The van der Waals surface area contributed by atoms with Gasteiger partial charge in [-0.05, 0) is 47.0 Å². The average Bonchev–Trinajstić information content (AvgIpc) is 3.25. The molecule has 2 aromatic heterocycles. The van der Waals surface area contributed by atoms with Crippen molar-refractivity contribution >= 4 is 32.7 Å². The first-order chi connectivity index (χ1) is 11.6. The first kappa shape index (κ1) is 16.0. The summed E-state index contributed by atoms with van der Waals surface area (Å²) < 4.78 is 41.9. The summed E-state index contributed by atoms with van der Waals surface area (Å²) in [5, 5.41) is 3.92. The minimum absolute atomic E-state index is 0.259. The number of fused-ring (bicyclic) bond motifs is 1. The average molecular weight is 380 g/mol. The molecule has 0 amide bonds. The van der Waals surface area contributed by atoms with E-state index in [4.69, 9.17) is 0 Å². The van der Waals surface area contributed by atoms with Crippen molar-refractivity contribution in [2.24, 2.45) is 0 Å². The quantitative estimate of drug-likeness (QED) is 0.681. The second-order valence-electron chi connectivity index (χ2n) is 5.51. The van der Waals surface area contributed by atoms with Gasteiger partial charge in [0.15, 0.2) is 0 Å². The normalized spacial score (nSPS) is 18.5. The second kappa shape index (κ2) is 6.07. The van der Waals surface area contributed by atoms with Gasteiger partial charge >= 0.3 is 0 Å². The molecule has 0 unspecified atom stereocenters. The topological polar surface area (TPSA) is 37.4 Å². The smallest absolute Gasteiger partial charge is 0.207 e. The summed E-state index contributed by atoms with van der Waals surface area (Å²) in [6.07, 6.45) is 0.655. The predicted octanol–water partition coefficient (Wildman–Crippen LogP) is 4.29. The van der Waals surface area contributed by atoms with Gasteiger partial charge in [-0.2, -0.15) is 4.31 Å². The fourth-order valence-electron chi connectivity index (χ4n) is 3.07. The van der Waals surface area contributed by atoms with E-state index in [1.165, 1.54) is 38.7 Å². The summed E-state index contributed by atoms with van der Waals surface area (Å²) in [5.74, 6) is -0.710. The van der Waals surface area contributed by atoms with Gasteiger partial charge in [0.1, 0.15) is 10.7 Å². The number of hydrogen-bond donors (Lipinski definition) is 0. The Labute approximate surface area is 148 Å². The number of hydrogen-bond acceptors (Lipinski definition) is 4. The van der Waals surface area contributed by atoms with Gasteiger partial charge in [-0.1, -0.05) is 18.2 Å². The molecule has 3 nitrogen and oxygen atoms in total. The van der Waals surface area contributed by atoms with E-state index in [2.05, 4.69) is 0 Å². The fourth-order valence-corrected chi connectivity index (χ4v) is 6.55. The molecular weight excluding hydrogens is 365 g/mol. The highest BCUT2D eigenvalue weighted by Gasteiger charge is 2.39. The summed E-state index contributed by atoms with van der Waals surface area (Å²) in [6.45, 7) is 0.354. The Morgan fingerprint density at radius 3 is 2.62 bits per heavy atom. The van der Waals surface area contributed by atoms with Gasteiger partial charge in [0, 0.05) is 16.3 Å². The Morgan fingerprint density at radius 1 is 1.04 bits per heavy atom. The summed E-state index contributed by atoms with van der Waals surface area (Å²) in [6, 6.07) is 11.0. The first-order valence-electron chi connectivity index (χ1n) is 7.45. The molecule has 0 radical (unpaired) electrons. The monoisotopic (exact) mass is 379 g/mol. The molecular formula is C17H14FNO2S3. The van der Waals surface area contributed by atoms with Crippen LogP contribution in [0.3, 0.4) is 0 Å². The lowest BCUT2D eigenvalue weighted by Gasteiger charge is -2.34. The zero-order chi connectivity index (χ0) is 16.7. The number of benzene rings is 1. The summed E-state index contributed by atoms with van der Waals surface area (Å²) >= 11 is 3.17. The lowest BCUT2D eigenvalue weighted by atomic mass is 10.0. The van der Waals surface area contributed by atoms with Crippen LogP contribution in [0.4, 0.5) is 4.39 Å². The number of thiophene rings is 2. The van der Waals surface area contributed by atoms with Gasteiger partial charge in [-0.15, -0.1) is 22.7 Å². The highest BCUT2D eigenvalue weighted by molar-refractivity contribution is 7.89. The molecule has 1 aliphatic heterocycles. The Bertz CT molecular complexity index is 963. The molecule has 0 fully saturated rings. The summed E-state index contributed by atoms with van der Waals surface area (Å²) in [7, 11) is -3.92. The lowest BCUT2D eigenvalue weighted by Crippen LogP contribution is -2.40. The SMILES string of the molecule is O=S(=O)(c1ccccc1F)N1CCc2sccc2[C@H]1c1cccs1. The van der Waals surface area contributed by atoms with E-state index >= 15 is 0 Å². The molecule has 1 aromatic carbocycles. The van der Waals surface area contributed by atoms with Crippen LogP contribution in [0.25, 0.3) is 0 Å². The zero-order valence-electron chi connectivity index (χ0n) is 12.6. The van der Waals surface area contributed by atoms with E-state index in [0.29, 0.717) is 13.0 Å². The summed E-state index contributed by atoms with van der Waals surface area (Å²) in [5.41, 5.74) is 1.01. The Balaban J connectivity index is 1.87. The van der Waals surface area contributed by atoms with Crippen molar-refractivity contribution in [3.8, 4) is 0 Å². The summed E-state index contributed by atoms with van der Waals surface area (Å²) in [4.78, 5) is 1.90. The molecule has 0 spiro atoms. The molecule has 4 rings (SSSR count). The molecule has 0 N–H and O–H groups in total. The van der Waals surface area contributed by atoms with Crippen LogP contribution in [0.2, 0.25) is 0 Å². The molecule has 1 atom stereocenters. The van der Waals surface area contributed by atoms with E-state index in [0.717, 1.165) is 10.4 Å². The minimum Gasteiger partial charge on any atom is -0.207 e. The maximum absolute atomic E-state index is 14.1. The zero-order valence-corrected chi connectivity index (χ0v) is 15.0. The maximum Gasteiger partial charge on any atom is 0.246 e. The van der Waals surface area contributed by atoms with Gasteiger partial charge in [0.25, 0.3) is 0 Å². The molecule has 0 aliphatic carbocycles. The van der Waals surface area contributed by atoms with E-state index in [9.17, 15) is 12.8 Å². The molecule has 0 saturated carbocycles. The predicted molar refractivity (Wildman–Crippen MR) is 94.5 cm³/mol. The van der Waals surface area contributed by atoms with Crippen LogP contribution in [0.15, 0.2) is 58.1 Å². The van der Waals surface area contributed by atoms with E-state index in [-0.39, 0.29) is 10.9 Å². The van der Waals surface area contributed by atoms with Gasteiger partial charge in [0.2, 0.25) is 10.0 Å². The van der Waals surface area contributed by atoms with Crippen molar-refractivity contribution in [2.75, 3.05) is 6.54 Å². The third-order valence-electron chi connectivity index (χ3n) is 4.16. The van der Waals surface area contributed by atoms with Crippen LogP contribution < -0.4 is 0 Å². The van der Waals surface area contributed by atoms with Crippen LogP contribution in [-0.4, -0.2) is 19.3 Å². The molecule has 24 heavy (non-hydrogen) atoms. The molecule has 1 aliphatic rings. The Hall–Kier alpha value is -1.54. The molecule has 124 valence electrons. The number of nitrogens with zero attached hydrogens (tertiary/aromatic N) is 1. The van der Waals surface area contributed by atoms with Crippen LogP contribution >= 0.6 is 22.7 Å². The van der Waals surface area contributed by atoms with Gasteiger partial charge < -0.3 is 0 Å². The number of rotatable bonds is 3. The standard InChI is InChI=1S/C17H14FNO2S3/c18-13-4-1-2-6-16(13)24(20,21)19-9-7-14-12(8-11-23-14)17(19)15-5-3-10-22-15/h1-6,8,10-11,17H,7,9H2/t17-/m0/s1. The third-order valence-corrected chi connectivity index (χ3v) is 7.98. The molecule has 3 aromatic rings. The lowest BCUT2D eigenvalue weighted by molar-refractivity contribution is 0.348. The van der Waals surface area contributed by atoms with Crippen LogP contribution in [-0.2, 0) is 16.4 Å². The second-order valence-corrected chi connectivity index (χ2v) is 9.35. The molecule has 3 heterocycles. The van der Waals surface area contributed by atoms with Crippen molar-refractivity contribution in [1.29, 1.82) is 0 Å². The van der Waals surface area contributed by atoms with Gasteiger partial charge in [-0.3, -0.25) is 0 Å². The maximum atomic E-state index is 14.1. The van der Waals surface area contributed by atoms with Gasteiger partial charge in [0.05, 0.1) is 6.04 Å². The van der Waals surface area contributed by atoms with Crippen LogP contribution in [0, 0.1) is 5.82 Å². The molecule has 0 saturated heterocycles. The van der Waals surface area contributed by atoms with Crippen molar-refractivity contribution in [3.63, 3.8) is 0 Å².